The molecule has 2 rings (SSSR count). The van der Waals surface area contributed by atoms with Gasteiger partial charge in [0.05, 0.1) is 5.70 Å². The van der Waals surface area contributed by atoms with Gasteiger partial charge in [-0.15, -0.1) is 0 Å². The largest absolute Gasteiger partial charge is 0.454 e. The lowest BCUT2D eigenvalue weighted by Gasteiger charge is -2.12. The normalized spacial score (nSPS) is 12.1. The Morgan fingerprint density at radius 1 is 1.23 bits per heavy atom. The molecule has 0 saturated heterocycles. The van der Waals surface area contributed by atoms with E-state index < -0.39 is 12.0 Å². The molecule has 0 aliphatic rings. The minimum absolute atomic E-state index is 0.0160. The van der Waals surface area contributed by atoms with E-state index in [1.54, 1.807) is 30.3 Å². The third-order valence-electron chi connectivity index (χ3n) is 2.63. The summed E-state index contributed by atoms with van der Waals surface area (Å²) in [4.78, 5) is 15.1. The van der Waals surface area contributed by atoms with Crippen molar-refractivity contribution >= 4 is 28.8 Å². The fourth-order valence-electron chi connectivity index (χ4n) is 1.65. The number of carbonyl (C=O) groups excluding carboxylic acids is 1. The predicted octanol–water partition coefficient (Wildman–Crippen LogP) is 4.32. The summed E-state index contributed by atoms with van der Waals surface area (Å²) in [5.41, 5.74) is 0.787. The van der Waals surface area contributed by atoms with Crippen molar-refractivity contribution in [1.29, 1.82) is 0 Å². The standard InChI is InChI=1S/C15H10ClF3N2O/c16-11-4-1-5-12(7-11)21-13(8-14(22)15(17,18)19)10-3-2-6-20-9-10/h1-9,21H/b13-8-. The van der Waals surface area contributed by atoms with Crippen LogP contribution in [-0.4, -0.2) is 16.9 Å². The number of carbonyl (C=O) groups is 1. The zero-order valence-corrected chi connectivity index (χ0v) is 11.8. The van der Waals surface area contributed by atoms with Gasteiger partial charge in [-0.25, -0.2) is 0 Å². The zero-order valence-electron chi connectivity index (χ0n) is 11.1. The number of pyridine rings is 1. The quantitative estimate of drug-likeness (QED) is 0.851. The Morgan fingerprint density at radius 2 is 2.00 bits per heavy atom. The number of halogens is 4. The number of hydrogen-bond donors (Lipinski definition) is 1. The number of allylic oxidation sites excluding steroid dienone is 1. The number of nitrogens with zero attached hydrogens (tertiary/aromatic N) is 1. The van der Waals surface area contributed by atoms with Gasteiger partial charge in [-0.3, -0.25) is 9.78 Å². The summed E-state index contributed by atoms with van der Waals surface area (Å²) in [5.74, 6) is -1.96. The second-order valence-corrected chi connectivity index (χ2v) is 4.73. The molecule has 22 heavy (non-hydrogen) atoms. The first kappa shape index (κ1) is 16.0. The van der Waals surface area contributed by atoms with E-state index in [2.05, 4.69) is 10.3 Å². The van der Waals surface area contributed by atoms with Gasteiger partial charge in [0.25, 0.3) is 5.78 Å². The smallest absolute Gasteiger partial charge is 0.355 e. The number of benzene rings is 1. The van der Waals surface area contributed by atoms with E-state index in [0.717, 1.165) is 0 Å². The van der Waals surface area contributed by atoms with Crippen molar-refractivity contribution in [1.82, 2.24) is 4.98 Å². The summed E-state index contributed by atoms with van der Waals surface area (Å²) in [7, 11) is 0. The fourth-order valence-corrected chi connectivity index (χ4v) is 1.84. The second-order valence-electron chi connectivity index (χ2n) is 4.30. The highest BCUT2D eigenvalue weighted by molar-refractivity contribution is 6.30. The van der Waals surface area contributed by atoms with Gasteiger partial charge in [0.15, 0.2) is 0 Å². The molecular formula is C15H10ClF3N2O. The minimum atomic E-state index is -4.94. The Labute approximate surface area is 129 Å². The van der Waals surface area contributed by atoms with Crippen LogP contribution in [0.15, 0.2) is 54.9 Å². The molecule has 1 heterocycles. The van der Waals surface area contributed by atoms with Crippen molar-refractivity contribution in [2.45, 2.75) is 6.18 Å². The summed E-state index contributed by atoms with van der Waals surface area (Å²) in [5, 5.41) is 3.17. The van der Waals surface area contributed by atoms with E-state index in [-0.39, 0.29) is 5.70 Å². The molecule has 0 fully saturated rings. The lowest BCUT2D eigenvalue weighted by atomic mass is 10.1. The topological polar surface area (TPSA) is 42.0 Å². The van der Waals surface area contributed by atoms with E-state index in [9.17, 15) is 18.0 Å². The summed E-state index contributed by atoms with van der Waals surface area (Å²) in [6, 6.07) is 9.51. The molecule has 1 aromatic heterocycles. The Hall–Kier alpha value is -2.34. The van der Waals surface area contributed by atoms with Crippen LogP contribution in [0, 0.1) is 0 Å². The lowest BCUT2D eigenvalue weighted by Crippen LogP contribution is -2.21. The number of ketones is 1. The zero-order chi connectivity index (χ0) is 16.2. The van der Waals surface area contributed by atoms with E-state index in [1.807, 2.05) is 0 Å². The number of anilines is 1. The first-order chi connectivity index (χ1) is 10.4. The summed E-state index contributed by atoms with van der Waals surface area (Å²) >= 11 is 5.83. The molecule has 0 amide bonds. The molecule has 0 radical (unpaired) electrons. The molecule has 0 unspecified atom stereocenters. The first-order valence-electron chi connectivity index (χ1n) is 6.12. The summed E-state index contributed by atoms with van der Waals surface area (Å²) in [6.45, 7) is 0. The van der Waals surface area contributed by atoms with Crippen LogP contribution in [0.3, 0.4) is 0 Å². The number of hydrogen-bond acceptors (Lipinski definition) is 3. The average molecular weight is 327 g/mol. The van der Waals surface area contributed by atoms with Gasteiger partial charge < -0.3 is 5.32 Å². The monoisotopic (exact) mass is 326 g/mol. The van der Waals surface area contributed by atoms with Gasteiger partial charge in [-0.2, -0.15) is 13.2 Å². The molecule has 3 nitrogen and oxygen atoms in total. The van der Waals surface area contributed by atoms with Gasteiger partial charge >= 0.3 is 6.18 Å². The van der Waals surface area contributed by atoms with E-state index in [0.29, 0.717) is 22.3 Å². The van der Waals surface area contributed by atoms with Crippen LogP contribution in [0.25, 0.3) is 5.70 Å². The molecule has 0 saturated carbocycles. The van der Waals surface area contributed by atoms with Crippen LogP contribution in [-0.2, 0) is 4.79 Å². The van der Waals surface area contributed by atoms with E-state index >= 15 is 0 Å². The first-order valence-corrected chi connectivity index (χ1v) is 6.50. The highest BCUT2D eigenvalue weighted by Crippen LogP contribution is 2.24. The highest BCUT2D eigenvalue weighted by atomic mass is 35.5. The van der Waals surface area contributed by atoms with Crippen molar-refractivity contribution in [3.8, 4) is 0 Å². The van der Waals surface area contributed by atoms with Crippen LogP contribution in [0.2, 0.25) is 5.02 Å². The molecule has 2 aromatic rings. The van der Waals surface area contributed by atoms with Gasteiger partial charge in [0.1, 0.15) is 0 Å². The van der Waals surface area contributed by atoms with Crippen LogP contribution in [0.5, 0.6) is 0 Å². The third kappa shape index (κ3) is 4.33. The molecular weight excluding hydrogens is 317 g/mol. The predicted molar refractivity (Wildman–Crippen MR) is 78.4 cm³/mol. The molecule has 0 atom stereocenters. The van der Waals surface area contributed by atoms with Gasteiger partial charge in [0, 0.05) is 34.7 Å². The lowest BCUT2D eigenvalue weighted by molar-refractivity contribution is -0.165. The SMILES string of the molecule is O=C(/C=C(\Nc1cccc(Cl)c1)c1cccnc1)C(F)(F)F. The van der Waals surface area contributed by atoms with Gasteiger partial charge in [-0.05, 0) is 30.3 Å². The van der Waals surface area contributed by atoms with Crippen LogP contribution >= 0.6 is 11.6 Å². The molecule has 0 aliphatic carbocycles. The molecule has 1 aromatic carbocycles. The van der Waals surface area contributed by atoms with Gasteiger partial charge in [-0.1, -0.05) is 17.7 Å². The molecule has 0 aliphatic heterocycles. The maximum absolute atomic E-state index is 12.5. The molecule has 114 valence electrons. The number of aromatic nitrogens is 1. The summed E-state index contributed by atoms with van der Waals surface area (Å²) < 4.78 is 37.4. The van der Waals surface area contributed by atoms with Gasteiger partial charge in [0.2, 0.25) is 0 Å². The van der Waals surface area contributed by atoms with Crippen molar-refractivity contribution in [3.63, 3.8) is 0 Å². The Balaban J connectivity index is 2.38. The molecule has 0 spiro atoms. The molecule has 0 bridgehead atoms. The number of rotatable bonds is 4. The number of alkyl halides is 3. The van der Waals surface area contributed by atoms with Crippen molar-refractivity contribution < 1.29 is 18.0 Å². The Morgan fingerprint density at radius 3 is 2.59 bits per heavy atom. The number of nitrogens with one attached hydrogen (secondary N) is 1. The minimum Gasteiger partial charge on any atom is -0.355 e. The van der Waals surface area contributed by atoms with E-state index in [1.165, 1.54) is 18.5 Å². The van der Waals surface area contributed by atoms with Crippen molar-refractivity contribution in [3.05, 3.63) is 65.5 Å². The van der Waals surface area contributed by atoms with Crippen LogP contribution in [0.4, 0.5) is 18.9 Å². The van der Waals surface area contributed by atoms with Crippen molar-refractivity contribution in [2.75, 3.05) is 5.32 Å². The molecule has 1 N–H and O–H groups in total. The Bertz CT molecular complexity index is 699. The highest BCUT2D eigenvalue weighted by Gasteiger charge is 2.36. The van der Waals surface area contributed by atoms with E-state index in [4.69, 9.17) is 11.6 Å². The fraction of sp³-hybridized carbons (Fsp3) is 0.0667. The second kappa shape index (κ2) is 6.62. The van der Waals surface area contributed by atoms with Crippen LogP contribution < -0.4 is 5.32 Å². The summed E-state index contributed by atoms with van der Waals surface area (Å²) in [6.07, 6.45) is -1.61. The Kier molecular flexibility index (Phi) is 4.82. The van der Waals surface area contributed by atoms with Crippen molar-refractivity contribution in [2.24, 2.45) is 0 Å². The molecule has 7 heteroatoms. The van der Waals surface area contributed by atoms with Crippen LogP contribution in [0.1, 0.15) is 5.56 Å². The maximum Gasteiger partial charge on any atom is 0.454 e. The average Bonchev–Trinajstić information content (AvgIpc) is 2.46. The maximum atomic E-state index is 12.5. The third-order valence-corrected chi connectivity index (χ3v) is 2.87.